The van der Waals surface area contributed by atoms with Crippen LogP contribution in [-0.4, -0.2) is 34.7 Å². The number of rotatable bonds is 5. The van der Waals surface area contributed by atoms with E-state index in [2.05, 4.69) is 16.0 Å². The zero-order valence-electron chi connectivity index (χ0n) is 19.4. The number of imidazole rings is 1. The van der Waals surface area contributed by atoms with Crippen molar-refractivity contribution in [3.8, 4) is 16.8 Å². The number of aryl methyl sites for hydroxylation is 2. The average Bonchev–Trinajstić information content (AvgIpc) is 3.44. The minimum atomic E-state index is -0.355. The Morgan fingerprint density at radius 2 is 1.97 bits per heavy atom. The van der Waals surface area contributed by atoms with Crippen molar-refractivity contribution in [2.45, 2.75) is 27.7 Å². The highest BCUT2D eigenvalue weighted by Crippen LogP contribution is 2.35. The summed E-state index contributed by atoms with van der Waals surface area (Å²) in [7, 11) is 3.00. The van der Waals surface area contributed by atoms with Gasteiger partial charge in [0.2, 0.25) is 0 Å². The standard InChI is InChI=1S/C25H24N4O3S/c1-13-9-17(15(3)29(13)24-22(25(30)32-6)14(2)16(4)33-24)10-18(12-26)23-27-20-8-7-19(31-5)11-21(20)28-23/h7-11H,1-6H3,(H,27,28)/b18-10+. The summed E-state index contributed by atoms with van der Waals surface area (Å²) in [5, 5.41) is 10.7. The number of methoxy groups -OCH3 is 2. The number of H-pyrrole nitrogens is 1. The van der Waals surface area contributed by atoms with Crippen molar-refractivity contribution in [3.63, 3.8) is 0 Å². The highest BCUT2D eigenvalue weighted by atomic mass is 32.1. The fourth-order valence-electron chi connectivity index (χ4n) is 3.91. The first-order valence-corrected chi connectivity index (χ1v) is 11.1. The molecule has 4 aromatic rings. The molecule has 3 heterocycles. The fourth-order valence-corrected chi connectivity index (χ4v) is 5.16. The Morgan fingerprint density at radius 3 is 2.64 bits per heavy atom. The van der Waals surface area contributed by atoms with Gasteiger partial charge in [0.1, 0.15) is 22.6 Å². The number of fused-ring (bicyclic) bond motifs is 1. The predicted molar refractivity (Wildman–Crippen MR) is 130 cm³/mol. The molecule has 33 heavy (non-hydrogen) atoms. The molecular formula is C25H24N4O3S. The third kappa shape index (κ3) is 3.81. The molecule has 0 unspecified atom stereocenters. The maximum absolute atomic E-state index is 12.5. The SMILES string of the molecule is COC(=O)c1c(-n2c(C)cc(/C=C(\C#N)c3nc4ccc(OC)cc4[nH]3)c2C)sc(C)c1C. The monoisotopic (exact) mass is 460 g/mol. The van der Waals surface area contributed by atoms with E-state index < -0.39 is 0 Å². The van der Waals surface area contributed by atoms with Gasteiger partial charge in [-0.05, 0) is 63.1 Å². The topological polar surface area (TPSA) is 92.9 Å². The number of allylic oxidation sites excluding steroid dienone is 1. The lowest BCUT2D eigenvalue weighted by molar-refractivity contribution is 0.0600. The summed E-state index contributed by atoms with van der Waals surface area (Å²) in [4.78, 5) is 21.3. The number of aromatic amines is 1. The Bertz CT molecular complexity index is 1460. The van der Waals surface area contributed by atoms with Gasteiger partial charge in [-0.15, -0.1) is 11.3 Å². The fraction of sp³-hybridized carbons (Fsp3) is 0.240. The van der Waals surface area contributed by atoms with E-state index in [-0.39, 0.29) is 5.97 Å². The van der Waals surface area contributed by atoms with Crippen LogP contribution in [0.4, 0.5) is 0 Å². The second-order valence-electron chi connectivity index (χ2n) is 7.76. The van der Waals surface area contributed by atoms with Crippen molar-refractivity contribution in [1.29, 1.82) is 5.26 Å². The molecule has 3 aromatic heterocycles. The number of carbonyl (C=O) groups excluding carboxylic acids is 1. The van der Waals surface area contributed by atoms with Gasteiger partial charge in [-0.1, -0.05) is 0 Å². The summed E-state index contributed by atoms with van der Waals surface area (Å²) in [6.07, 6.45) is 1.82. The lowest BCUT2D eigenvalue weighted by Crippen LogP contribution is -2.08. The summed E-state index contributed by atoms with van der Waals surface area (Å²) >= 11 is 1.55. The van der Waals surface area contributed by atoms with Crippen LogP contribution in [0.3, 0.4) is 0 Å². The highest BCUT2D eigenvalue weighted by Gasteiger charge is 2.24. The molecule has 0 bridgehead atoms. The smallest absolute Gasteiger partial charge is 0.341 e. The molecule has 7 nitrogen and oxygen atoms in total. The van der Waals surface area contributed by atoms with Gasteiger partial charge in [0.15, 0.2) is 0 Å². The molecule has 0 aliphatic carbocycles. The van der Waals surface area contributed by atoms with Gasteiger partial charge >= 0.3 is 5.97 Å². The van der Waals surface area contributed by atoms with E-state index >= 15 is 0 Å². The molecule has 0 amide bonds. The molecule has 0 saturated heterocycles. The summed E-state index contributed by atoms with van der Waals surface area (Å²) in [6, 6.07) is 9.80. The molecule has 4 rings (SSSR count). The number of nitrogens with zero attached hydrogens (tertiary/aromatic N) is 3. The van der Waals surface area contributed by atoms with Gasteiger partial charge in [-0.2, -0.15) is 5.26 Å². The number of nitriles is 1. The molecule has 0 saturated carbocycles. The van der Waals surface area contributed by atoms with Crippen LogP contribution in [0.15, 0.2) is 24.3 Å². The van der Waals surface area contributed by atoms with Crippen molar-refractivity contribution in [2.24, 2.45) is 0 Å². The Balaban J connectivity index is 1.82. The molecule has 0 radical (unpaired) electrons. The molecule has 0 spiro atoms. The second-order valence-corrected chi connectivity index (χ2v) is 8.96. The minimum absolute atomic E-state index is 0.355. The minimum Gasteiger partial charge on any atom is -0.497 e. The maximum Gasteiger partial charge on any atom is 0.341 e. The van der Waals surface area contributed by atoms with E-state index in [1.165, 1.54) is 7.11 Å². The van der Waals surface area contributed by atoms with E-state index in [1.807, 2.05) is 62.6 Å². The zero-order valence-corrected chi connectivity index (χ0v) is 20.2. The molecule has 0 aliphatic heterocycles. The van der Waals surface area contributed by atoms with Crippen LogP contribution in [0.1, 0.15) is 43.6 Å². The number of esters is 1. The molecule has 8 heteroatoms. The maximum atomic E-state index is 12.5. The normalized spacial score (nSPS) is 11.6. The van der Waals surface area contributed by atoms with Crippen LogP contribution in [0.5, 0.6) is 5.75 Å². The summed E-state index contributed by atoms with van der Waals surface area (Å²) in [5.41, 5.74) is 6.21. The highest BCUT2D eigenvalue weighted by molar-refractivity contribution is 7.15. The lowest BCUT2D eigenvalue weighted by atomic mass is 10.1. The van der Waals surface area contributed by atoms with Crippen molar-refractivity contribution >= 4 is 40.0 Å². The number of hydrogen-bond donors (Lipinski definition) is 1. The number of aromatic nitrogens is 3. The number of ether oxygens (including phenoxy) is 2. The second kappa shape index (κ2) is 8.60. The molecule has 1 aromatic carbocycles. The van der Waals surface area contributed by atoms with Crippen LogP contribution >= 0.6 is 11.3 Å². The number of carbonyl (C=O) groups is 1. The van der Waals surface area contributed by atoms with Crippen molar-refractivity contribution in [3.05, 3.63) is 63.0 Å². The van der Waals surface area contributed by atoms with Crippen LogP contribution in [0.2, 0.25) is 0 Å². The van der Waals surface area contributed by atoms with Gasteiger partial charge in [-0.3, -0.25) is 0 Å². The first kappa shape index (κ1) is 22.4. The lowest BCUT2D eigenvalue weighted by Gasteiger charge is -2.10. The van der Waals surface area contributed by atoms with Gasteiger partial charge in [-0.25, -0.2) is 9.78 Å². The molecule has 0 fully saturated rings. The third-order valence-electron chi connectivity index (χ3n) is 5.79. The number of benzene rings is 1. The average molecular weight is 461 g/mol. The van der Waals surface area contributed by atoms with Gasteiger partial charge in [0, 0.05) is 22.3 Å². The van der Waals surface area contributed by atoms with E-state index in [0.29, 0.717) is 22.7 Å². The van der Waals surface area contributed by atoms with Crippen LogP contribution in [0.25, 0.3) is 27.7 Å². The molecule has 0 aliphatic rings. The molecule has 1 N–H and O–H groups in total. The molecule has 0 atom stereocenters. The summed E-state index contributed by atoms with van der Waals surface area (Å²) in [6.45, 7) is 7.88. The Kier molecular flexibility index (Phi) is 5.83. The van der Waals surface area contributed by atoms with Crippen molar-refractivity contribution < 1.29 is 14.3 Å². The first-order chi connectivity index (χ1) is 15.8. The Morgan fingerprint density at radius 1 is 1.21 bits per heavy atom. The predicted octanol–water partition coefficient (Wildman–Crippen LogP) is 5.51. The Hall–Kier alpha value is -3.83. The van der Waals surface area contributed by atoms with Crippen molar-refractivity contribution in [1.82, 2.24) is 14.5 Å². The Labute approximate surface area is 195 Å². The third-order valence-corrected chi connectivity index (χ3v) is 6.99. The quantitative estimate of drug-likeness (QED) is 0.313. The zero-order chi connectivity index (χ0) is 23.9. The largest absolute Gasteiger partial charge is 0.497 e. The van der Waals surface area contributed by atoms with E-state index in [1.54, 1.807) is 18.4 Å². The van der Waals surface area contributed by atoms with Crippen LogP contribution in [0, 0.1) is 39.0 Å². The van der Waals surface area contributed by atoms with E-state index in [9.17, 15) is 10.1 Å². The number of thiophene rings is 1. The van der Waals surface area contributed by atoms with E-state index in [0.717, 1.165) is 43.4 Å². The van der Waals surface area contributed by atoms with Crippen LogP contribution < -0.4 is 4.74 Å². The molecular weight excluding hydrogens is 436 g/mol. The summed E-state index contributed by atoms with van der Waals surface area (Å²) < 4.78 is 12.4. The summed E-state index contributed by atoms with van der Waals surface area (Å²) in [5.74, 6) is 0.849. The van der Waals surface area contributed by atoms with Gasteiger partial charge in [0.25, 0.3) is 0 Å². The molecule has 168 valence electrons. The van der Waals surface area contributed by atoms with Crippen molar-refractivity contribution in [2.75, 3.05) is 14.2 Å². The van der Waals surface area contributed by atoms with Gasteiger partial charge in [0.05, 0.1) is 36.4 Å². The van der Waals surface area contributed by atoms with E-state index in [4.69, 9.17) is 9.47 Å². The van der Waals surface area contributed by atoms with Crippen LogP contribution in [-0.2, 0) is 4.74 Å². The number of hydrogen-bond acceptors (Lipinski definition) is 6. The van der Waals surface area contributed by atoms with Gasteiger partial charge < -0.3 is 19.0 Å². The first-order valence-electron chi connectivity index (χ1n) is 10.3. The number of nitrogens with one attached hydrogen (secondary N) is 1.